The molecule has 0 radical (unpaired) electrons. The third-order valence-electron chi connectivity index (χ3n) is 2.45. The number of hydrogen-bond donors (Lipinski definition) is 1. The first kappa shape index (κ1) is 16.9. The van der Waals surface area contributed by atoms with Gasteiger partial charge in [-0.05, 0) is 6.92 Å². The molecule has 0 aliphatic rings. The first-order valence-corrected chi connectivity index (χ1v) is 6.50. The number of hydrogen-bond acceptors (Lipinski definition) is 7. The van der Waals surface area contributed by atoms with Crippen molar-refractivity contribution in [1.82, 2.24) is 0 Å². The number of carbonyl (C=O) groups excluding carboxylic acids is 1. The van der Waals surface area contributed by atoms with E-state index in [2.05, 4.69) is 0 Å². The lowest BCUT2D eigenvalue weighted by molar-refractivity contribution is -0.145. The third kappa shape index (κ3) is 5.39. The van der Waals surface area contributed by atoms with Crippen LogP contribution in [0.2, 0.25) is 0 Å². The maximum Gasteiger partial charge on any atom is 0.344 e. The van der Waals surface area contributed by atoms with Crippen LogP contribution in [-0.4, -0.2) is 46.6 Å². The van der Waals surface area contributed by atoms with Gasteiger partial charge in [0.2, 0.25) is 5.75 Å². The van der Waals surface area contributed by atoms with Gasteiger partial charge in [0.05, 0.1) is 20.3 Å². The minimum atomic E-state index is -0.471. The van der Waals surface area contributed by atoms with E-state index in [1.807, 2.05) is 0 Å². The highest BCUT2D eigenvalue weighted by Crippen LogP contribution is 2.39. The van der Waals surface area contributed by atoms with Crippen LogP contribution in [-0.2, 0) is 14.3 Å². The van der Waals surface area contributed by atoms with Gasteiger partial charge < -0.3 is 29.4 Å². The molecule has 7 heteroatoms. The number of esters is 1. The van der Waals surface area contributed by atoms with E-state index in [4.69, 9.17) is 29.4 Å². The summed E-state index contributed by atoms with van der Waals surface area (Å²) in [6.45, 7) is 2.50. The van der Waals surface area contributed by atoms with E-state index < -0.39 is 5.97 Å². The quantitative estimate of drug-likeness (QED) is 0.417. The molecule has 0 atom stereocenters. The molecule has 1 aromatic rings. The molecule has 21 heavy (non-hydrogen) atoms. The van der Waals surface area contributed by atoms with Gasteiger partial charge in [0.25, 0.3) is 0 Å². The van der Waals surface area contributed by atoms with Crippen molar-refractivity contribution in [2.75, 3.05) is 46.4 Å². The smallest absolute Gasteiger partial charge is 0.344 e. The van der Waals surface area contributed by atoms with E-state index in [9.17, 15) is 4.79 Å². The van der Waals surface area contributed by atoms with E-state index in [1.54, 1.807) is 26.2 Å². The molecule has 0 bridgehead atoms. The fraction of sp³-hybridized carbons (Fsp3) is 0.500. The number of ether oxygens (including phenoxy) is 5. The van der Waals surface area contributed by atoms with Gasteiger partial charge in [-0.2, -0.15) is 0 Å². The van der Waals surface area contributed by atoms with Gasteiger partial charge in [0.15, 0.2) is 18.1 Å². The normalized spacial score (nSPS) is 10.0. The lowest BCUT2D eigenvalue weighted by atomic mass is 10.2. The summed E-state index contributed by atoms with van der Waals surface area (Å²) in [7, 11) is 3.06. The van der Waals surface area contributed by atoms with Crippen molar-refractivity contribution < 1.29 is 28.5 Å². The lowest BCUT2D eigenvalue weighted by Gasteiger charge is -2.16. The van der Waals surface area contributed by atoms with E-state index in [1.165, 1.54) is 7.11 Å². The third-order valence-corrected chi connectivity index (χ3v) is 2.45. The maximum absolute atomic E-state index is 11.4. The molecule has 0 aliphatic carbocycles. The van der Waals surface area contributed by atoms with Crippen LogP contribution in [0.1, 0.15) is 6.92 Å². The van der Waals surface area contributed by atoms with Crippen LogP contribution >= 0.6 is 0 Å². The molecule has 0 amide bonds. The lowest BCUT2D eigenvalue weighted by Crippen LogP contribution is -2.15. The van der Waals surface area contributed by atoms with Crippen molar-refractivity contribution in [2.45, 2.75) is 6.92 Å². The van der Waals surface area contributed by atoms with Crippen molar-refractivity contribution in [1.29, 1.82) is 0 Å². The molecule has 0 aromatic heterocycles. The molecular weight excluding hydrogens is 278 g/mol. The Kier molecular flexibility index (Phi) is 7.17. The molecule has 7 nitrogen and oxygen atoms in total. The molecule has 0 aliphatic heterocycles. The average Bonchev–Trinajstić information content (AvgIpc) is 2.46. The predicted octanol–water partition coefficient (Wildman–Crippen LogP) is 1.24. The molecule has 2 N–H and O–H groups in total. The Morgan fingerprint density at radius 1 is 1.14 bits per heavy atom. The first-order valence-electron chi connectivity index (χ1n) is 6.50. The highest BCUT2D eigenvalue weighted by Gasteiger charge is 2.15. The van der Waals surface area contributed by atoms with Crippen LogP contribution in [0.4, 0.5) is 5.69 Å². The summed E-state index contributed by atoms with van der Waals surface area (Å²) < 4.78 is 25.9. The van der Waals surface area contributed by atoms with Crippen LogP contribution in [0.15, 0.2) is 12.1 Å². The van der Waals surface area contributed by atoms with Gasteiger partial charge in [-0.15, -0.1) is 0 Å². The van der Waals surface area contributed by atoms with Gasteiger partial charge in [0, 0.05) is 24.9 Å². The summed E-state index contributed by atoms with van der Waals surface area (Å²) in [6, 6.07) is 3.17. The molecule has 0 saturated heterocycles. The Balaban J connectivity index is 2.87. The molecular formula is C14H21NO6. The highest BCUT2D eigenvalue weighted by atomic mass is 16.6. The largest absolute Gasteiger partial charge is 0.493 e. The van der Waals surface area contributed by atoms with Gasteiger partial charge in [-0.25, -0.2) is 4.79 Å². The van der Waals surface area contributed by atoms with Gasteiger partial charge >= 0.3 is 5.97 Å². The average molecular weight is 299 g/mol. The number of methoxy groups -OCH3 is 2. The summed E-state index contributed by atoms with van der Waals surface area (Å²) >= 11 is 0. The van der Waals surface area contributed by atoms with Crippen LogP contribution in [0.5, 0.6) is 17.2 Å². The SMILES string of the molecule is CCOC(=O)COc1cc(N)cc(OC)c1OCCOC. The summed E-state index contributed by atoms with van der Waals surface area (Å²) in [6.07, 6.45) is 0. The molecule has 1 rings (SSSR count). The number of carbonyl (C=O) groups is 1. The maximum atomic E-state index is 11.4. The monoisotopic (exact) mass is 299 g/mol. The molecule has 118 valence electrons. The zero-order valence-electron chi connectivity index (χ0n) is 12.5. The summed E-state index contributed by atoms with van der Waals surface area (Å²) in [5, 5.41) is 0. The Hall–Kier alpha value is -2.15. The second kappa shape index (κ2) is 8.91. The number of benzene rings is 1. The molecule has 0 spiro atoms. The molecule has 0 heterocycles. The molecule has 1 aromatic carbocycles. The topological polar surface area (TPSA) is 89.2 Å². The van der Waals surface area contributed by atoms with Crippen LogP contribution in [0.3, 0.4) is 0 Å². The molecule has 0 saturated carbocycles. The van der Waals surface area contributed by atoms with Gasteiger partial charge in [0.1, 0.15) is 6.61 Å². The minimum Gasteiger partial charge on any atom is -0.493 e. The number of nitrogen functional groups attached to an aromatic ring is 1. The van der Waals surface area contributed by atoms with E-state index in [-0.39, 0.29) is 6.61 Å². The first-order chi connectivity index (χ1) is 10.1. The van der Waals surface area contributed by atoms with Crippen LogP contribution < -0.4 is 19.9 Å². The van der Waals surface area contributed by atoms with E-state index in [0.29, 0.717) is 42.8 Å². The Bertz CT molecular complexity index is 463. The Labute approximate surface area is 123 Å². The summed E-state index contributed by atoms with van der Waals surface area (Å²) in [5.74, 6) is 0.635. The highest BCUT2D eigenvalue weighted by molar-refractivity contribution is 5.71. The molecule has 0 fully saturated rings. The van der Waals surface area contributed by atoms with E-state index >= 15 is 0 Å². The van der Waals surface area contributed by atoms with Crippen LogP contribution in [0, 0.1) is 0 Å². The van der Waals surface area contributed by atoms with Crippen LogP contribution in [0.25, 0.3) is 0 Å². The second-order valence-electron chi connectivity index (χ2n) is 3.99. The van der Waals surface area contributed by atoms with Crippen molar-refractivity contribution in [2.24, 2.45) is 0 Å². The standard InChI is InChI=1S/C14H21NO6/c1-4-19-13(16)9-21-12-8-10(15)7-11(18-3)14(12)20-6-5-17-2/h7-8H,4-6,9,15H2,1-3H3. The number of rotatable bonds is 9. The fourth-order valence-corrected chi connectivity index (χ4v) is 1.56. The van der Waals surface area contributed by atoms with Crippen molar-refractivity contribution >= 4 is 11.7 Å². The fourth-order valence-electron chi connectivity index (χ4n) is 1.56. The van der Waals surface area contributed by atoms with Crippen molar-refractivity contribution in [3.8, 4) is 17.2 Å². The Morgan fingerprint density at radius 2 is 1.86 bits per heavy atom. The van der Waals surface area contributed by atoms with Crippen molar-refractivity contribution in [3.63, 3.8) is 0 Å². The predicted molar refractivity (Wildman–Crippen MR) is 76.9 cm³/mol. The minimum absolute atomic E-state index is 0.235. The van der Waals surface area contributed by atoms with Crippen molar-refractivity contribution in [3.05, 3.63) is 12.1 Å². The number of anilines is 1. The van der Waals surface area contributed by atoms with E-state index in [0.717, 1.165) is 0 Å². The zero-order valence-corrected chi connectivity index (χ0v) is 12.5. The second-order valence-corrected chi connectivity index (χ2v) is 3.99. The Morgan fingerprint density at radius 3 is 2.48 bits per heavy atom. The number of nitrogens with two attached hydrogens (primary N) is 1. The molecule has 0 unspecified atom stereocenters. The van der Waals surface area contributed by atoms with Gasteiger partial charge in [-0.1, -0.05) is 0 Å². The summed E-state index contributed by atoms with van der Waals surface area (Å²) in [5.41, 5.74) is 6.20. The van der Waals surface area contributed by atoms with Gasteiger partial charge in [-0.3, -0.25) is 0 Å². The zero-order chi connectivity index (χ0) is 15.7. The summed E-state index contributed by atoms with van der Waals surface area (Å²) in [4.78, 5) is 11.4.